The molecule has 0 bridgehead atoms. The normalized spacial score (nSPS) is 12.2. The molecule has 1 atom stereocenters. The summed E-state index contributed by atoms with van der Waals surface area (Å²) in [5.41, 5.74) is 3.69. The highest BCUT2D eigenvalue weighted by Crippen LogP contribution is 2.34. The number of ether oxygens (including phenoxy) is 1. The van der Waals surface area contributed by atoms with Crippen molar-refractivity contribution in [2.45, 2.75) is 25.1 Å². The van der Waals surface area contributed by atoms with Gasteiger partial charge in [-0.2, -0.15) is 0 Å². The molecule has 2 aromatic rings. The van der Waals surface area contributed by atoms with E-state index in [2.05, 4.69) is 47.1 Å². The Morgan fingerprint density at radius 1 is 1.15 bits per heavy atom. The molecule has 106 valence electrons. The standard InChI is InChI=1S/C17H18BrClO/c1-3-20-17-9-4-12(2)10-15(17)16(18)11-13-5-7-14(19)8-6-13/h4-10,16H,3,11H2,1-2H3. The minimum atomic E-state index is 0.227. The number of rotatable bonds is 5. The Hall–Kier alpha value is -0.990. The molecular weight excluding hydrogens is 336 g/mol. The molecule has 2 rings (SSSR count). The number of hydrogen-bond donors (Lipinski definition) is 0. The minimum absolute atomic E-state index is 0.227. The van der Waals surface area contributed by atoms with Crippen molar-refractivity contribution in [3.8, 4) is 5.75 Å². The first-order valence-electron chi connectivity index (χ1n) is 6.72. The van der Waals surface area contributed by atoms with Crippen LogP contribution in [0.5, 0.6) is 5.75 Å². The monoisotopic (exact) mass is 352 g/mol. The molecule has 20 heavy (non-hydrogen) atoms. The number of halogens is 2. The molecule has 1 unspecified atom stereocenters. The number of alkyl halides is 1. The fourth-order valence-electron chi connectivity index (χ4n) is 2.14. The molecule has 0 radical (unpaired) electrons. The van der Waals surface area contributed by atoms with Crippen LogP contribution in [0.2, 0.25) is 5.02 Å². The fourth-order valence-corrected chi connectivity index (χ4v) is 2.99. The Balaban J connectivity index is 2.21. The first kappa shape index (κ1) is 15.4. The molecular formula is C17H18BrClO. The average Bonchev–Trinajstić information content (AvgIpc) is 2.43. The Morgan fingerprint density at radius 3 is 2.50 bits per heavy atom. The highest BCUT2D eigenvalue weighted by Gasteiger charge is 2.14. The first-order chi connectivity index (χ1) is 9.60. The SMILES string of the molecule is CCOc1ccc(C)cc1C(Br)Cc1ccc(Cl)cc1. The van der Waals surface area contributed by atoms with Gasteiger partial charge in [-0.3, -0.25) is 0 Å². The van der Waals surface area contributed by atoms with Crippen LogP contribution in [0.3, 0.4) is 0 Å². The van der Waals surface area contributed by atoms with E-state index in [4.69, 9.17) is 16.3 Å². The largest absolute Gasteiger partial charge is 0.494 e. The van der Waals surface area contributed by atoms with Crippen molar-refractivity contribution in [2.75, 3.05) is 6.61 Å². The number of hydrogen-bond acceptors (Lipinski definition) is 1. The lowest BCUT2D eigenvalue weighted by Gasteiger charge is -2.16. The van der Waals surface area contributed by atoms with Crippen LogP contribution >= 0.6 is 27.5 Å². The lowest BCUT2D eigenvalue weighted by Crippen LogP contribution is -2.01. The second kappa shape index (κ2) is 7.14. The van der Waals surface area contributed by atoms with Gasteiger partial charge in [0.15, 0.2) is 0 Å². The second-order valence-electron chi connectivity index (χ2n) is 4.77. The average molecular weight is 354 g/mol. The van der Waals surface area contributed by atoms with Crippen molar-refractivity contribution in [1.29, 1.82) is 0 Å². The molecule has 0 saturated heterocycles. The zero-order chi connectivity index (χ0) is 14.5. The summed E-state index contributed by atoms with van der Waals surface area (Å²) >= 11 is 9.70. The van der Waals surface area contributed by atoms with Crippen molar-refractivity contribution in [2.24, 2.45) is 0 Å². The summed E-state index contributed by atoms with van der Waals surface area (Å²) in [6.45, 7) is 4.78. The van der Waals surface area contributed by atoms with Gasteiger partial charge in [0, 0.05) is 15.4 Å². The van der Waals surface area contributed by atoms with Gasteiger partial charge in [-0.05, 0) is 44.0 Å². The van der Waals surface area contributed by atoms with Crippen molar-refractivity contribution < 1.29 is 4.74 Å². The maximum atomic E-state index is 5.92. The first-order valence-corrected chi connectivity index (χ1v) is 8.01. The summed E-state index contributed by atoms with van der Waals surface area (Å²) in [7, 11) is 0. The smallest absolute Gasteiger partial charge is 0.123 e. The van der Waals surface area contributed by atoms with E-state index in [0.29, 0.717) is 6.61 Å². The molecule has 0 aliphatic heterocycles. The molecule has 0 aromatic heterocycles. The van der Waals surface area contributed by atoms with Gasteiger partial charge >= 0.3 is 0 Å². The van der Waals surface area contributed by atoms with Crippen molar-refractivity contribution in [1.82, 2.24) is 0 Å². The molecule has 0 spiro atoms. The van der Waals surface area contributed by atoms with Gasteiger partial charge in [0.1, 0.15) is 5.75 Å². The van der Waals surface area contributed by atoms with E-state index in [9.17, 15) is 0 Å². The van der Waals surface area contributed by atoms with Crippen LogP contribution in [0, 0.1) is 6.92 Å². The Morgan fingerprint density at radius 2 is 1.85 bits per heavy atom. The quantitative estimate of drug-likeness (QED) is 0.624. The predicted octanol–water partition coefficient (Wildman–Crippen LogP) is 5.73. The maximum Gasteiger partial charge on any atom is 0.123 e. The second-order valence-corrected chi connectivity index (χ2v) is 6.31. The molecule has 0 heterocycles. The molecule has 1 nitrogen and oxygen atoms in total. The summed E-state index contributed by atoms with van der Waals surface area (Å²) in [5.74, 6) is 0.953. The van der Waals surface area contributed by atoms with Crippen molar-refractivity contribution >= 4 is 27.5 Å². The number of benzene rings is 2. The Kier molecular flexibility index (Phi) is 5.50. The summed E-state index contributed by atoms with van der Waals surface area (Å²) < 4.78 is 5.72. The lowest BCUT2D eigenvalue weighted by atomic mass is 10.0. The Labute approximate surface area is 134 Å². The van der Waals surface area contributed by atoms with Crippen LogP contribution in [0.4, 0.5) is 0 Å². The summed E-state index contributed by atoms with van der Waals surface area (Å²) in [6, 6.07) is 14.3. The summed E-state index contributed by atoms with van der Waals surface area (Å²) in [4.78, 5) is 0.227. The number of aryl methyl sites for hydroxylation is 1. The highest BCUT2D eigenvalue weighted by atomic mass is 79.9. The summed E-state index contributed by atoms with van der Waals surface area (Å²) in [6.07, 6.45) is 0.903. The zero-order valence-electron chi connectivity index (χ0n) is 11.7. The van der Waals surface area contributed by atoms with Crippen molar-refractivity contribution in [3.05, 3.63) is 64.2 Å². The van der Waals surface area contributed by atoms with E-state index in [0.717, 1.165) is 17.2 Å². The predicted molar refractivity (Wildman–Crippen MR) is 89.2 cm³/mol. The van der Waals surface area contributed by atoms with Gasteiger partial charge in [-0.25, -0.2) is 0 Å². The molecule has 0 aliphatic carbocycles. The van der Waals surface area contributed by atoms with Gasteiger partial charge in [-0.15, -0.1) is 0 Å². The fraction of sp³-hybridized carbons (Fsp3) is 0.294. The van der Waals surface area contributed by atoms with Gasteiger partial charge in [-0.1, -0.05) is 57.4 Å². The van der Waals surface area contributed by atoms with Gasteiger partial charge < -0.3 is 4.74 Å². The third kappa shape index (κ3) is 4.00. The summed E-state index contributed by atoms with van der Waals surface area (Å²) in [5, 5.41) is 0.769. The molecule has 0 saturated carbocycles. The highest BCUT2D eigenvalue weighted by molar-refractivity contribution is 9.09. The molecule has 0 amide bonds. The molecule has 0 aliphatic rings. The third-order valence-corrected chi connectivity index (χ3v) is 4.20. The van der Waals surface area contributed by atoms with E-state index >= 15 is 0 Å². The van der Waals surface area contributed by atoms with Crippen LogP contribution in [0.1, 0.15) is 28.4 Å². The van der Waals surface area contributed by atoms with Crippen LogP contribution < -0.4 is 4.74 Å². The van der Waals surface area contributed by atoms with Crippen molar-refractivity contribution in [3.63, 3.8) is 0 Å². The third-order valence-electron chi connectivity index (χ3n) is 3.13. The Bertz CT molecular complexity index is 566. The van der Waals surface area contributed by atoms with Gasteiger partial charge in [0.2, 0.25) is 0 Å². The van der Waals surface area contributed by atoms with E-state index < -0.39 is 0 Å². The maximum absolute atomic E-state index is 5.92. The molecule has 0 N–H and O–H groups in total. The molecule has 0 fully saturated rings. The van der Waals surface area contributed by atoms with E-state index in [1.165, 1.54) is 16.7 Å². The lowest BCUT2D eigenvalue weighted by molar-refractivity contribution is 0.336. The van der Waals surface area contributed by atoms with Crippen LogP contribution in [0.15, 0.2) is 42.5 Å². The van der Waals surface area contributed by atoms with Gasteiger partial charge in [0.25, 0.3) is 0 Å². The van der Waals surface area contributed by atoms with Crippen LogP contribution in [-0.4, -0.2) is 6.61 Å². The topological polar surface area (TPSA) is 9.23 Å². The minimum Gasteiger partial charge on any atom is -0.494 e. The van der Waals surface area contributed by atoms with Crippen LogP contribution in [-0.2, 0) is 6.42 Å². The molecule has 2 aromatic carbocycles. The van der Waals surface area contributed by atoms with E-state index in [1.54, 1.807) is 0 Å². The zero-order valence-corrected chi connectivity index (χ0v) is 14.0. The molecule has 3 heteroatoms. The van der Waals surface area contributed by atoms with Gasteiger partial charge in [0.05, 0.1) is 6.61 Å². The van der Waals surface area contributed by atoms with Crippen LogP contribution in [0.25, 0.3) is 0 Å². The van der Waals surface area contributed by atoms with E-state index in [-0.39, 0.29) is 4.83 Å². The van der Waals surface area contributed by atoms with E-state index in [1.807, 2.05) is 25.1 Å².